The molecule has 0 spiro atoms. The molecule has 1 unspecified atom stereocenters. The first kappa shape index (κ1) is 21.4. The van der Waals surface area contributed by atoms with E-state index < -0.39 is 23.8 Å². The summed E-state index contributed by atoms with van der Waals surface area (Å²) in [6, 6.07) is 10.6. The van der Waals surface area contributed by atoms with Gasteiger partial charge in [0.2, 0.25) is 12.7 Å². The molecule has 11 nitrogen and oxygen atoms in total. The van der Waals surface area contributed by atoms with Crippen molar-refractivity contribution in [1.82, 2.24) is 10.6 Å². The zero-order chi connectivity index (χ0) is 22.2. The SMILES string of the molecule is NN=CNc1cccc(C(=O)NCC(=O)NC(CC(=O)O)c2ccc3c(c2)OCO3)c1. The zero-order valence-electron chi connectivity index (χ0n) is 16.3. The van der Waals surface area contributed by atoms with E-state index in [9.17, 15) is 19.5 Å². The number of fused-ring (bicyclic) bond motifs is 1. The quantitative estimate of drug-likeness (QED) is 0.170. The third-order valence-corrected chi connectivity index (χ3v) is 4.35. The minimum absolute atomic E-state index is 0.0799. The molecule has 31 heavy (non-hydrogen) atoms. The van der Waals surface area contributed by atoms with Crippen molar-refractivity contribution >= 4 is 29.8 Å². The average Bonchev–Trinajstić information content (AvgIpc) is 3.23. The molecule has 1 aliphatic rings. The lowest BCUT2D eigenvalue weighted by molar-refractivity contribution is -0.137. The fraction of sp³-hybridized carbons (Fsp3) is 0.200. The van der Waals surface area contributed by atoms with Crippen LogP contribution in [0, 0.1) is 0 Å². The minimum atomic E-state index is -1.09. The average molecular weight is 427 g/mol. The number of rotatable bonds is 9. The van der Waals surface area contributed by atoms with Crippen LogP contribution in [-0.2, 0) is 9.59 Å². The van der Waals surface area contributed by atoms with Gasteiger partial charge in [0, 0.05) is 11.3 Å². The van der Waals surface area contributed by atoms with Crippen LogP contribution in [0.25, 0.3) is 0 Å². The van der Waals surface area contributed by atoms with Crippen LogP contribution in [0.1, 0.15) is 28.4 Å². The molecule has 1 aliphatic heterocycles. The second-order valence-electron chi connectivity index (χ2n) is 6.52. The molecular formula is C20H21N5O6. The van der Waals surface area contributed by atoms with E-state index in [-0.39, 0.29) is 19.8 Å². The number of hydrogen-bond acceptors (Lipinski definition) is 7. The number of carbonyl (C=O) groups is 3. The van der Waals surface area contributed by atoms with Crippen LogP contribution in [0.4, 0.5) is 5.69 Å². The number of hydrogen-bond donors (Lipinski definition) is 5. The fourth-order valence-electron chi connectivity index (χ4n) is 2.93. The highest BCUT2D eigenvalue weighted by Crippen LogP contribution is 2.34. The van der Waals surface area contributed by atoms with Gasteiger partial charge in [-0.1, -0.05) is 12.1 Å². The molecule has 0 fully saturated rings. The molecule has 1 atom stereocenters. The van der Waals surface area contributed by atoms with E-state index in [1.165, 1.54) is 6.34 Å². The molecule has 0 saturated carbocycles. The Labute approximate surface area is 177 Å². The first-order valence-corrected chi connectivity index (χ1v) is 9.23. The van der Waals surface area contributed by atoms with Crippen LogP contribution in [0.2, 0.25) is 0 Å². The Morgan fingerprint density at radius 3 is 2.74 bits per heavy atom. The molecule has 2 aromatic carbocycles. The van der Waals surface area contributed by atoms with Crippen LogP contribution in [0.15, 0.2) is 47.6 Å². The summed E-state index contributed by atoms with van der Waals surface area (Å²) in [7, 11) is 0. The highest BCUT2D eigenvalue weighted by Gasteiger charge is 2.22. The number of nitrogens with one attached hydrogen (secondary N) is 3. The summed E-state index contributed by atoms with van der Waals surface area (Å²) in [6.45, 7) is -0.252. The number of nitrogens with two attached hydrogens (primary N) is 1. The summed E-state index contributed by atoms with van der Waals surface area (Å²) in [6.07, 6.45) is 0.929. The maximum absolute atomic E-state index is 12.4. The molecule has 2 amide bonds. The van der Waals surface area contributed by atoms with Gasteiger partial charge in [-0.15, -0.1) is 0 Å². The molecule has 0 radical (unpaired) electrons. The molecule has 2 aromatic rings. The van der Waals surface area contributed by atoms with Gasteiger partial charge < -0.3 is 36.4 Å². The van der Waals surface area contributed by atoms with Crippen molar-refractivity contribution in [3.05, 3.63) is 53.6 Å². The lowest BCUT2D eigenvalue weighted by atomic mass is 10.0. The lowest BCUT2D eigenvalue weighted by Gasteiger charge is -2.18. The van der Waals surface area contributed by atoms with Gasteiger partial charge >= 0.3 is 5.97 Å². The fourth-order valence-corrected chi connectivity index (χ4v) is 2.93. The largest absolute Gasteiger partial charge is 0.481 e. The van der Waals surface area contributed by atoms with E-state index in [2.05, 4.69) is 21.1 Å². The van der Waals surface area contributed by atoms with E-state index in [0.29, 0.717) is 28.3 Å². The lowest BCUT2D eigenvalue weighted by Crippen LogP contribution is -2.39. The standard InChI is InChI=1S/C20H21N5O6/c21-24-10-23-14-3-1-2-13(6-14)20(29)22-9-18(26)25-15(8-19(27)28)12-4-5-16-17(7-12)31-11-30-16/h1-7,10,15H,8-9,11,21H2,(H,22,29)(H,23,24)(H,25,26)(H,27,28). The van der Waals surface area contributed by atoms with Gasteiger partial charge in [-0.05, 0) is 35.9 Å². The summed E-state index contributed by atoms with van der Waals surface area (Å²) in [5.41, 5.74) is 1.46. The van der Waals surface area contributed by atoms with Gasteiger partial charge in [-0.3, -0.25) is 14.4 Å². The van der Waals surface area contributed by atoms with Crippen molar-refractivity contribution in [3.63, 3.8) is 0 Å². The van der Waals surface area contributed by atoms with Crippen LogP contribution >= 0.6 is 0 Å². The summed E-state index contributed by atoms with van der Waals surface area (Å²) >= 11 is 0. The van der Waals surface area contributed by atoms with Crippen molar-refractivity contribution in [3.8, 4) is 11.5 Å². The summed E-state index contributed by atoms with van der Waals surface area (Å²) in [5, 5.41) is 20.4. The summed E-state index contributed by atoms with van der Waals surface area (Å²) < 4.78 is 10.5. The van der Waals surface area contributed by atoms with Gasteiger partial charge in [-0.25, -0.2) is 0 Å². The van der Waals surface area contributed by atoms with Crippen molar-refractivity contribution in [1.29, 1.82) is 0 Å². The third-order valence-electron chi connectivity index (χ3n) is 4.35. The minimum Gasteiger partial charge on any atom is -0.481 e. The van der Waals surface area contributed by atoms with Gasteiger partial charge in [0.1, 0.15) is 6.34 Å². The number of carboxylic acids is 1. The van der Waals surface area contributed by atoms with E-state index >= 15 is 0 Å². The maximum Gasteiger partial charge on any atom is 0.305 e. The Balaban J connectivity index is 1.61. The summed E-state index contributed by atoms with van der Waals surface area (Å²) in [4.78, 5) is 36.0. The summed E-state index contributed by atoms with van der Waals surface area (Å²) in [5.74, 6) is 3.95. The Hall–Kier alpha value is -4.28. The van der Waals surface area contributed by atoms with E-state index in [1.807, 2.05) is 0 Å². The molecule has 162 valence electrons. The van der Waals surface area contributed by atoms with Crippen molar-refractivity contribution < 1.29 is 29.0 Å². The molecule has 0 bridgehead atoms. The van der Waals surface area contributed by atoms with Crippen molar-refractivity contribution in [2.75, 3.05) is 18.7 Å². The van der Waals surface area contributed by atoms with Crippen LogP contribution in [0.5, 0.6) is 11.5 Å². The molecule has 3 rings (SSSR count). The number of amides is 2. The maximum atomic E-state index is 12.4. The number of anilines is 1. The monoisotopic (exact) mass is 427 g/mol. The van der Waals surface area contributed by atoms with E-state index in [4.69, 9.17) is 15.3 Å². The Kier molecular flexibility index (Phi) is 6.89. The topological polar surface area (TPSA) is 164 Å². The smallest absolute Gasteiger partial charge is 0.305 e. The molecule has 0 saturated heterocycles. The molecule has 0 aromatic heterocycles. The predicted octanol–water partition coefficient (Wildman–Crippen LogP) is 0.791. The number of carbonyl (C=O) groups excluding carboxylic acids is 2. The van der Waals surface area contributed by atoms with Gasteiger partial charge in [-0.2, -0.15) is 5.10 Å². The zero-order valence-corrected chi connectivity index (χ0v) is 16.3. The number of nitrogens with zero attached hydrogens (tertiary/aromatic N) is 1. The number of aliphatic carboxylic acids is 1. The van der Waals surface area contributed by atoms with E-state index in [0.717, 1.165) is 0 Å². The molecule has 6 N–H and O–H groups in total. The van der Waals surface area contributed by atoms with Gasteiger partial charge in [0.25, 0.3) is 5.91 Å². The Morgan fingerprint density at radius 2 is 1.97 bits per heavy atom. The van der Waals surface area contributed by atoms with E-state index in [1.54, 1.807) is 42.5 Å². The Morgan fingerprint density at radius 1 is 1.16 bits per heavy atom. The first-order valence-electron chi connectivity index (χ1n) is 9.23. The number of hydrazone groups is 1. The van der Waals surface area contributed by atoms with Crippen LogP contribution < -0.4 is 31.3 Å². The Bertz CT molecular complexity index is 1010. The normalized spacial score (nSPS) is 12.9. The molecule has 1 heterocycles. The second-order valence-corrected chi connectivity index (χ2v) is 6.52. The predicted molar refractivity (Wildman–Crippen MR) is 111 cm³/mol. The van der Waals surface area contributed by atoms with Crippen molar-refractivity contribution in [2.45, 2.75) is 12.5 Å². The second kappa shape index (κ2) is 9.96. The van der Waals surface area contributed by atoms with Gasteiger partial charge in [0.15, 0.2) is 11.5 Å². The molecular weight excluding hydrogens is 406 g/mol. The van der Waals surface area contributed by atoms with Crippen molar-refractivity contribution in [2.24, 2.45) is 10.9 Å². The molecule has 11 heteroatoms. The van der Waals surface area contributed by atoms with Gasteiger partial charge in [0.05, 0.1) is 19.0 Å². The first-order chi connectivity index (χ1) is 15.0. The van der Waals surface area contributed by atoms with Crippen LogP contribution in [-0.4, -0.2) is 42.6 Å². The third kappa shape index (κ3) is 5.85. The number of benzene rings is 2. The highest BCUT2D eigenvalue weighted by molar-refractivity contribution is 5.97. The highest BCUT2D eigenvalue weighted by atomic mass is 16.7. The number of ether oxygens (including phenoxy) is 2. The molecule has 0 aliphatic carbocycles. The van der Waals surface area contributed by atoms with Crippen LogP contribution in [0.3, 0.4) is 0 Å². The number of carboxylic acid groups (broad SMARTS) is 1.